The highest BCUT2D eigenvalue weighted by Gasteiger charge is 1.94. The van der Waals surface area contributed by atoms with Crippen LogP contribution in [0.4, 0.5) is 0 Å². The number of carbonyl (C=O) groups is 1. The molecule has 0 aliphatic rings. The number of hydrogen-bond acceptors (Lipinski definition) is 3. The van der Waals surface area contributed by atoms with E-state index in [2.05, 4.69) is 0 Å². The molecule has 0 rings (SSSR count). The van der Waals surface area contributed by atoms with Crippen LogP contribution in [0.3, 0.4) is 0 Å². The molecule has 3 nitrogen and oxygen atoms in total. The lowest BCUT2D eigenvalue weighted by Crippen LogP contribution is -2.06. The van der Waals surface area contributed by atoms with Crippen molar-refractivity contribution in [1.29, 1.82) is 5.41 Å². The van der Waals surface area contributed by atoms with E-state index in [-0.39, 0.29) is 6.42 Å². The quantitative estimate of drug-likeness (QED) is 0.375. The minimum atomic E-state index is -0.975. The maximum Gasteiger partial charge on any atom is 0.148 e. The Hall–Kier alpha value is -0.700. The number of nitrogens with one attached hydrogen (secondary N) is 1. The van der Waals surface area contributed by atoms with Gasteiger partial charge in [-0.05, 0) is 6.21 Å². The van der Waals surface area contributed by atoms with Crippen LogP contribution in [0.15, 0.2) is 0 Å². The van der Waals surface area contributed by atoms with Crippen LogP contribution in [0, 0.1) is 5.41 Å². The summed E-state index contributed by atoms with van der Waals surface area (Å²) in [6.45, 7) is 0. The Balaban J connectivity index is 3.15. The third-order valence-corrected chi connectivity index (χ3v) is 0.516. The van der Waals surface area contributed by atoms with E-state index in [0.29, 0.717) is 6.29 Å². The highest BCUT2D eigenvalue weighted by molar-refractivity contribution is 5.64. The van der Waals surface area contributed by atoms with E-state index < -0.39 is 6.10 Å². The predicted octanol–water partition coefficient (Wildman–Crippen LogP) is -0.414. The van der Waals surface area contributed by atoms with Crippen molar-refractivity contribution in [1.82, 2.24) is 0 Å². The number of hydrogen-bond donors (Lipinski definition) is 2. The van der Waals surface area contributed by atoms with E-state index in [9.17, 15) is 4.79 Å². The molecule has 2 N–H and O–H groups in total. The molecule has 0 heterocycles. The molecule has 40 valence electrons. The number of aliphatic hydroxyl groups is 1. The van der Waals surface area contributed by atoms with E-state index >= 15 is 0 Å². The summed E-state index contributed by atoms with van der Waals surface area (Å²) in [5.74, 6) is 0. The molecule has 0 aliphatic heterocycles. The zero-order chi connectivity index (χ0) is 5.70. The van der Waals surface area contributed by atoms with Crippen LogP contribution in [0.5, 0.6) is 0 Å². The summed E-state index contributed by atoms with van der Waals surface area (Å²) in [4.78, 5) is 9.54. The molecule has 0 aromatic rings. The third-order valence-electron chi connectivity index (χ3n) is 0.516. The van der Waals surface area contributed by atoms with Crippen LogP contribution in [-0.4, -0.2) is 23.7 Å². The van der Waals surface area contributed by atoms with Gasteiger partial charge in [-0.2, -0.15) is 0 Å². The van der Waals surface area contributed by atoms with E-state index in [1.807, 2.05) is 0 Å². The summed E-state index contributed by atoms with van der Waals surface area (Å²) in [6, 6.07) is 0. The van der Waals surface area contributed by atoms with E-state index in [4.69, 9.17) is 10.5 Å². The van der Waals surface area contributed by atoms with Crippen molar-refractivity contribution in [3.8, 4) is 0 Å². The fourth-order valence-corrected chi connectivity index (χ4v) is 0.176. The Labute approximate surface area is 41.5 Å². The van der Waals surface area contributed by atoms with Crippen LogP contribution >= 0.6 is 0 Å². The summed E-state index contributed by atoms with van der Waals surface area (Å²) in [7, 11) is 0. The van der Waals surface area contributed by atoms with Gasteiger partial charge in [0.1, 0.15) is 12.4 Å². The second kappa shape index (κ2) is 3.49. The Morgan fingerprint density at radius 1 is 1.86 bits per heavy atom. The average Bonchev–Trinajstić information content (AvgIpc) is 1.68. The van der Waals surface area contributed by atoms with Crippen LogP contribution in [-0.2, 0) is 4.79 Å². The SMILES string of the molecule is N=CCC(O)C=O. The maximum atomic E-state index is 9.54. The van der Waals surface area contributed by atoms with E-state index in [1.54, 1.807) is 0 Å². The van der Waals surface area contributed by atoms with Crippen molar-refractivity contribution in [2.24, 2.45) is 0 Å². The zero-order valence-electron chi connectivity index (χ0n) is 3.79. The molecular weight excluding hydrogens is 94.0 g/mol. The predicted molar refractivity (Wildman–Crippen MR) is 25.5 cm³/mol. The molecule has 0 amide bonds. The Bertz CT molecular complexity index is 72.1. The van der Waals surface area contributed by atoms with E-state index in [0.717, 1.165) is 6.21 Å². The van der Waals surface area contributed by atoms with Crippen molar-refractivity contribution in [3.63, 3.8) is 0 Å². The second-order valence-electron chi connectivity index (χ2n) is 1.14. The molecule has 0 saturated carbocycles. The van der Waals surface area contributed by atoms with Gasteiger partial charge in [0.05, 0.1) is 0 Å². The highest BCUT2D eigenvalue weighted by atomic mass is 16.3. The molecule has 0 aromatic heterocycles. The normalized spacial score (nSPS) is 12.7. The lowest BCUT2D eigenvalue weighted by Gasteiger charge is -1.90. The van der Waals surface area contributed by atoms with Gasteiger partial charge in [0, 0.05) is 6.42 Å². The van der Waals surface area contributed by atoms with E-state index in [1.165, 1.54) is 0 Å². The van der Waals surface area contributed by atoms with Gasteiger partial charge in [0.2, 0.25) is 0 Å². The maximum absolute atomic E-state index is 9.54. The van der Waals surface area contributed by atoms with Gasteiger partial charge in [-0.25, -0.2) is 0 Å². The van der Waals surface area contributed by atoms with Gasteiger partial charge >= 0.3 is 0 Å². The number of carbonyl (C=O) groups excluding carboxylic acids is 1. The topological polar surface area (TPSA) is 61.1 Å². The Morgan fingerprint density at radius 3 is 2.57 bits per heavy atom. The first kappa shape index (κ1) is 6.30. The molecule has 3 heteroatoms. The first-order chi connectivity index (χ1) is 3.31. The first-order valence-corrected chi connectivity index (χ1v) is 1.93. The molecule has 0 saturated heterocycles. The molecule has 1 unspecified atom stereocenters. The fourth-order valence-electron chi connectivity index (χ4n) is 0.176. The molecule has 1 atom stereocenters. The number of aliphatic hydroxyl groups excluding tert-OH is 1. The molecule has 0 aromatic carbocycles. The minimum Gasteiger partial charge on any atom is -0.385 e. The van der Waals surface area contributed by atoms with Gasteiger partial charge < -0.3 is 15.3 Å². The summed E-state index contributed by atoms with van der Waals surface area (Å²) < 4.78 is 0. The van der Waals surface area contributed by atoms with Gasteiger partial charge in [0.25, 0.3) is 0 Å². The van der Waals surface area contributed by atoms with Crippen LogP contribution in [0.25, 0.3) is 0 Å². The molecule has 0 spiro atoms. The molecule has 0 bridgehead atoms. The number of rotatable bonds is 3. The second-order valence-corrected chi connectivity index (χ2v) is 1.14. The van der Waals surface area contributed by atoms with Crippen molar-refractivity contribution in [3.05, 3.63) is 0 Å². The van der Waals surface area contributed by atoms with Crippen LogP contribution in [0.2, 0.25) is 0 Å². The summed E-state index contributed by atoms with van der Waals surface area (Å²) in [5, 5.41) is 14.7. The van der Waals surface area contributed by atoms with Crippen molar-refractivity contribution >= 4 is 12.5 Å². The number of aldehydes is 1. The van der Waals surface area contributed by atoms with Crippen LogP contribution < -0.4 is 0 Å². The lowest BCUT2D eigenvalue weighted by atomic mass is 10.3. The Morgan fingerprint density at radius 2 is 2.43 bits per heavy atom. The summed E-state index contributed by atoms with van der Waals surface area (Å²) >= 11 is 0. The van der Waals surface area contributed by atoms with Crippen molar-refractivity contribution in [2.75, 3.05) is 0 Å². The molecule has 0 aliphatic carbocycles. The average molecular weight is 101 g/mol. The minimum absolute atomic E-state index is 0.128. The van der Waals surface area contributed by atoms with Gasteiger partial charge in [-0.1, -0.05) is 0 Å². The van der Waals surface area contributed by atoms with Crippen molar-refractivity contribution in [2.45, 2.75) is 12.5 Å². The molecule has 7 heavy (non-hydrogen) atoms. The fraction of sp³-hybridized carbons (Fsp3) is 0.500. The largest absolute Gasteiger partial charge is 0.385 e. The Kier molecular flexibility index (Phi) is 3.14. The zero-order valence-corrected chi connectivity index (χ0v) is 3.79. The highest BCUT2D eigenvalue weighted by Crippen LogP contribution is 1.78. The summed E-state index contributed by atoms with van der Waals surface area (Å²) in [5.41, 5.74) is 0. The molecular formula is C4H7NO2. The van der Waals surface area contributed by atoms with Gasteiger partial charge in [0.15, 0.2) is 0 Å². The van der Waals surface area contributed by atoms with Crippen LogP contribution in [0.1, 0.15) is 6.42 Å². The third kappa shape index (κ3) is 3.12. The lowest BCUT2D eigenvalue weighted by molar-refractivity contribution is -0.114. The molecule has 0 radical (unpaired) electrons. The van der Waals surface area contributed by atoms with Gasteiger partial charge in [-0.15, -0.1) is 0 Å². The van der Waals surface area contributed by atoms with Gasteiger partial charge in [-0.3, -0.25) is 0 Å². The monoisotopic (exact) mass is 101 g/mol. The standard InChI is InChI=1S/C4H7NO2/c5-2-1-4(7)3-6/h2-5,7H,1H2. The van der Waals surface area contributed by atoms with Crippen molar-refractivity contribution < 1.29 is 9.90 Å². The smallest absolute Gasteiger partial charge is 0.148 e. The summed E-state index contributed by atoms with van der Waals surface area (Å²) in [6.07, 6.45) is 0.561. The molecule has 0 fully saturated rings. The first-order valence-electron chi connectivity index (χ1n) is 1.93.